The molecule has 1 aliphatic carbocycles. The normalized spacial score (nSPS) is 16.9. The maximum Gasteiger partial charge on any atom is 0.134 e. The van der Waals surface area contributed by atoms with E-state index < -0.39 is 0 Å². The SMILES string of the molecule is CCCNc1cc(CCC)nc(C2CCCCCC2)n1. The molecule has 0 amide bonds. The van der Waals surface area contributed by atoms with Gasteiger partial charge in [0, 0.05) is 24.2 Å². The van der Waals surface area contributed by atoms with E-state index in [1.54, 1.807) is 0 Å². The van der Waals surface area contributed by atoms with E-state index >= 15 is 0 Å². The van der Waals surface area contributed by atoms with Crippen molar-refractivity contribution in [3.05, 3.63) is 17.6 Å². The maximum absolute atomic E-state index is 4.85. The van der Waals surface area contributed by atoms with Gasteiger partial charge in [-0.25, -0.2) is 9.97 Å². The molecule has 2 rings (SSSR count). The molecule has 1 aromatic rings. The van der Waals surface area contributed by atoms with Crippen molar-refractivity contribution in [3.63, 3.8) is 0 Å². The van der Waals surface area contributed by atoms with Crippen LogP contribution in [-0.4, -0.2) is 16.5 Å². The molecule has 0 saturated heterocycles. The Labute approximate surface area is 123 Å². The van der Waals surface area contributed by atoms with Gasteiger partial charge in [0.05, 0.1) is 0 Å². The molecule has 0 spiro atoms. The number of nitrogens with zero attached hydrogens (tertiary/aromatic N) is 2. The molecule has 1 aliphatic rings. The van der Waals surface area contributed by atoms with Crippen LogP contribution < -0.4 is 5.32 Å². The third kappa shape index (κ3) is 4.46. The van der Waals surface area contributed by atoms with Crippen LogP contribution in [-0.2, 0) is 6.42 Å². The lowest BCUT2D eigenvalue weighted by molar-refractivity contribution is 0.557. The summed E-state index contributed by atoms with van der Waals surface area (Å²) in [7, 11) is 0. The highest BCUT2D eigenvalue weighted by Crippen LogP contribution is 2.30. The highest BCUT2D eigenvalue weighted by molar-refractivity contribution is 5.36. The minimum absolute atomic E-state index is 0.580. The molecule has 1 N–H and O–H groups in total. The smallest absolute Gasteiger partial charge is 0.134 e. The first-order valence-electron chi connectivity index (χ1n) is 8.45. The Hall–Kier alpha value is -1.12. The van der Waals surface area contributed by atoms with E-state index in [1.165, 1.54) is 44.2 Å². The van der Waals surface area contributed by atoms with Gasteiger partial charge in [0.25, 0.3) is 0 Å². The third-order valence-corrected chi connectivity index (χ3v) is 4.08. The lowest BCUT2D eigenvalue weighted by atomic mass is 9.99. The van der Waals surface area contributed by atoms with Crippen LogP contribution in [0.1, 0.15) is 82.7 Å². The van der Waals surface area contributed by atoms with Gasteiger partial charge < -0.3 is 5.32 Å². The van der Waals surface area contributed by atoms with Crippen LogP contribution in [0.15, 0.2) is 6.07 Å². The van der Waals surface area contributed by atoms with Gasteiger partial charge in [-0.1, -0.05) is 46.0 Å². The molecular weight excluding hydrogens is 246 g/mol. The molecule has 0 unspecified atom stereocenters. The number of rotatable bonds is 6. The number of hydrogen-bond donors (Lipinski definition) is 1. The second kappa shape index (κ2) is 8.23. The second-order valence-corrected chi connectivity index (χ2v) is 5.97. The summed E-state index contributed by atoms with van der Waals surface area (Å²) in [5.41, 5.74) is 1.21. The molecule has 3 heteroatoms. The average Bonchev–Trinajstić information content (AvgIpc) is 2.74. The predicted octanol–water partition coefficient (Wildman–Crippen LogP) is 4.69. The zero-order valence-electron chi connectivity index (χ0n) is 13.1. The molecule has 1 fully saturated rings. The molecule has 1 aromatic heterocycles. The van der Waals surface area contributed by atoms with E-state index in [-0.39, 0.29) is 0 Å². The Balaban J connectivity index is 2.17. The van der Waals surface area contributed by atoms with Crippen LogP contribution in [0, 0.1) is 0 Å². The van der Waals surface area contributed by atoms with Crippen molar-refractivity contribution in [2.24, 2.45) is 0 Å². The van der Waals surface area contributed by atoms with Crippen molar-refractivity contribution >= 4 is 5.82 Å². The quantitative estimate of drug-likeness (QED) is 0.765. The van der Waals surface area contributed by atoms with Crippen molar-refractivity contribution in [3.8, 4) is 0 Å². The van der Waals surface area contributed by atoms with E-state index in [0.717, 1.165) is 37.4 Å². The van der Waals surface area contributed by atoms with Gasteiger partial charge >= 0.3 is 0 Å². The monoisotopic (exact) mass is 275 g/mol. The number of nitrogens with one attached hydrogen (secondary N) is 1. The molecule has 1 heterocycles. The van der Waals surface area contributed by atoms with Gasteiger partial charge in [-0.2, -0.15) is 0 Å². The summed E-state index contributed by atoms with van der Waals surface area (Å²) >= 11 is 0. The summed E-state index contributed by atoms with van der Waals surface area (Å²) in [5, 5.41) is 3.44. The first-order valence-corrected chi connectivity index (χ1v) is 8.45. The Morgan fingerprint density at radius 1 is 1.05 bits per heavy atom. The topological polar surface area (TPSA) is 37.8 Å². The van der Waals surface area contributed by atoms with Crippen LogP contribution in [0.5, 0.6) is 0 Å². The molecule has 0 bridgehead atoms. The molecule has 0 aromatic carbocycles. The summed E-state index contributed by atoms with van der Waals surface area (Å²) < 4.78 is 0. The largest absolute Gasteiger partial charge is 0.370 e. The minimum atomic E-state index is 0.580. The summed E-state index contributed by atoms with van der Waals surface area (Å²) in [5.74, 6) is 2.71. The van der Waals surface area contributed by atoms with Gasteiger partial charge in [-0.05, 0) is 25.7 Å². The predicted molar refractivity (Wildman–Crippen MR) is 85.3 cm³/mol. The van der Waals surface area contributed by atoms with Crippen molar-refractivity contribution < 1.29 is 0 Å². The molecule has 0 atom stereocenters. The molecular formula is C17H29N3. The lowest BCUT2D eigenvalue weighted by Gasteiger charge is -2.15. The highest BCUT2D eigenvalue weighted by Gasteiger charge is 2.18. The zero-order valence-corrected chi connectivity index (χ0v) is 13.1. The number of anilines is 1. The number of aryl methyl sites for hydroxylation is 1. The van der Waals surface area contributed by atoms with Crippen LogP contribution in [0.25, 0.3) is 0 Å². The number of hydrogen-bond acceptors (Lipinski definition) is 3. The van der Waals surface area contributed by atoms with E-state index in [9.17, 15) is 0 Å². The van der Waals surface area contributed by atoms with Gasteiger partial charge in [-0.3, -0.25) is 0 Å². The highest BCUT2D eigenvalue weighted by atomic mass is 15.0. The standard InChI is InChI=1S/C17H29N3/c1-3-9-15-13-16(18-12-4-2)20-17(19-15)14-10-7-5-6-8-11-14/h13-14H,3-12H2,1-2H3,(H,18,19,20). The third-order valence-electron chi connectivity index (χ3n) is 4.08. The molecule has 1 saturated carbocycles. The van der Waals surface area contributed by atoms with E-state index in [1.807, 2.05) is 0 Å². The molecule has 0 aliphatic heterocycles. The van der Waals surface area contributed by atoms with E-state index in [0.29, 0.717) is 5.92 Å². The molecule has 3 nitrogen and oxygen atoms in total. The molecule has 20 heavy (non-hydrogen) atoms. The fourth-order valence-electron chi connectivity index (χ4n) is 2.97. The Morgan fingerprint density at radius 2 is 1.80 bits per heavy atom. The van der Waals surface area contributed by atoms with Gasteiger partial charge in [0.2, 0.25) is 0 Å². The lowest BCUT2D eigenvalue weighted by Crippen LogP contribution is -2.10. The molecule has 112 valence electrons. The summed E-state index contributed by atoms with van der Waals surface area (Å²) in [6, 6.07) is 2.14. The second-order valence-electron chi connectivity index (χ2n) is 5.97. The van der Waals surface area contributed by atoms with Crippen molar-refractivity contribution in [1.82, 2.24) is 9.97 Å². The first kappa shape index (κ1) is 15.3. The Bertz CT molecular complexity index is 395. The Morgan fingerprint density at radius 3 is 2.45 bits per heavy atom. The fourth-order valence-corrected chi connectivity index (χ4v) is 2.97. The Kier molecular flexibility index (Phi) is 6.28. The van der Waals surface area contributed by atoms with E-state index in [2.05, 4.69) is 25.2 Å². The zero-order chi connectivity index (χ0) is 14.2. The van der Waals surface area contributed by atoms with Crippen LogP contribution in [0.4, 0.5) is 5.82 Å². The first-order chi connectivity index (χ1) is 9.83. The molecule has 0 radical (unpaired) electrons. The summed E-state index contributed by atoms with van der Waals surface area (Å²) in [4.78, 5) is 9.64. The number of aromatic nitrogens is 2. The maximum atomic E-state index is 4.85. The van der Waals surface area contributed by atoms with Crippen molar-refractivity contribution in [1.29, 1.82) is 0 Å². The van der Waals surface area contributed by atoms with Gasteiger partial charge in [0.15, 0.2) is 0 Å². The summed E-state index contributed by atoms with van der Waals surface area (Å²) in [6.45, 7) is 5.40. The van der Waals surface area contributed by atoms with E-state index in [4.69, 9.17) is 9.97 Å². The average molecular weight is 275 g/mol. The summed E-state index contributed by atoms with van der Waals surface area (Å²) in [6.07, 6.45) is 11.3. The van der Waals surface area contributed by atoms with Gasteiger partial charge in [0.1, 0.15) is 11.6 Å². The van der Waals surface area contributed by atoms with Crippen molar-refractivity contribution in [2.75, 3.05) is 11.9 Å². The van der Waals surface area contributed by atoms with Crippen LogP contribution >= 0.6 is 0 Å². The minimum Gasteiger partial charge on any atom is -0.370 e. The fraction of sp³-hybridized carbons (Fsp3) is 0.765. The van der Waals surface area contributed by atoms with Gasteiger partial charge in [-0.15, -0.1) is 0 Å². The van der Waals surface area contributed by atoms with Crippen LogP contribution in [0.3, 0.4) is 0 Å². The van der Waals surface area contributed by atoms with Crippen molar-refractivity contribution in [2.45, 2.75) is 77.6 Å². The van der Waals surface area contributed by atoms with Crippen LogP contribution in [0.2, 0.25) is 0 Å².